The molecule has 0 aromatic carbocycles. The quantitative estimate of drug-likeness (QED) is 0.0636. The maximum Gasteiger partial charge on any atom is 0.0466 e. The molecule has 0 heterocycles. The van der Waals surface area contributed by atoms with Crippen molar-refractivity contribution in [1.29, 1.82) is 0 Å². The predicted molar refractivity (Wildman–Crippen MR) is 201 cm³/mol. The third-order valence-corrected chi connectivity index (χ3v) is 9.07. The van der Waals surface area contributed by atoms with Crippen LogP contribution in [0, 0.1) is 0 Å². The Morgan fingerprint density at radius 1 is 0.182 bits per heavy atom. The summed E-state index contributed by atoms with van der Waals surface area (Å²) < 4.78 is 11.5. The Bertz CT molecular complexity index is 399. The summed E-state index contributed by atoms with van der Waals surface area (Å²) in [4.78, 5) is 0. The molecule has 0 aliphatic carbocycles. The van der Waals surface area contributed by atoms with Crippen LogP contribution in [0.25, 0.3) is 0 Å². The molecule has 0 aromatic heterocycles. The minimum atomic E-state index is 0.992. The number of rotatable bonds is 38. The fourth-order valence-electron chi connectivity index (χ4n) is 5.91. The maximum atomic E-state index is 5.75. The number of hydrogen-bond donors (Lipinski definition) is 0. The first-order valence-electron chi connectivity index (χ1n) is 21.0. The summed E-state index contributed by atoms with van der Waals surface area (Å²) in [5.41, 5.74) is 0. The molecule has 0 aliphatic heterocycles. The van der Waals surface area contributed by atoms with Gasteiger partial charge >= 0.3 is 0 Å². The molecular formula is C42H88O2. The lowest BCUT2D eigenvalue weighted by molar-refractivity contribution is 0.125. The molecule has 0 aliphatic rings. The van der Waals surface area contributed by atoms with Crippen LogP contribution in [0.15, 0.2) is 0 Å². The lowest BCUT2D eigenvalue weighted by atomic mass is 10.1. The smallest absolute Gasteiger partial charge is 0.0466 e. The summed E-state index contributed by atoms with van der Waals surface area (Å²) in [5.74, 6) is 0. The van der Waals surface area contributed by atoms with Crippen molar-refractivity contribution in [3.8, 4) is 0 Å². The van der Waals surface area contributed by atoms with Crippen LogP contribution in [0.5, 0.6) is 0 Å². The van der Waals surface area contributed by atoms with Gasteiger partial charge in [-0.05, 0) is 25.7 Å². The molecule has 0 amide bonds. The van der Waals surface area contributed by atoms with E-state index in [4.69, 9.17) is 9.47 Å². The Labute approximate surface area is 281 Å². The van der Waals surface area contributed by atoms with E-state index in [2.05, 4.69) is 27.7 Å². The molecule has 0 rings (SSSR count). The van der Waals surface area contributed by atoms with Gasteiger partial charge in [0.25, 0.3) is 0 Å². The van der Waals surface area contributed by atoms with Gasteiger partial charge in [0.15, 0.2) is 0 Å². The normalized spacial score (nSPS) is 11.2. The standard InChI is InChI=1S/C22H46O.C20H42O/c1-3-5-7-9-11-13-15-17-19-21-23-22-20-18-16-14-12-10-8-6-4-2;1-3-5-7-9-11-13-15-17-19-21-20-18-16-14-12-10-8-6-4-2/h3-22H2,1-2H3;3-20H2,1-2H3. The van der Waals surface area contributed by atoms with Gasteiger partial charge in [-0.15, -0.1) is 0 Å². The monoisotopic (exact) mass is 625 g/mol. The number of unbranched alkanes of at least 4 members (excludes halogenated alkanes) is 30. The van der Waals surface area contributed by atoms with Crippen LogP contribution in [0.1, 0.15) is 246 Å². The third-order valence-electron chi connectivity index (χ3n) is 9.07. The van der Waals surface area contributed by atoms with Gasteiger partial charge in [-0.25, -0.2) is 0 Å². The predicted octanol–water partition coefficient (Wildman–Crippen LogP) is 15.3. The van der Waals surface area contributed by atoms with Crippen molar-refractivity contribution in [3.05, 3.63) is 0 Å². The summed E-state index contributed by atoms with van der Waals surface area (Å²) in [7, 11) is 0. The highest BCUT2D eigenvalue weighted by Gasteiger charge is 1.96. The van der Waals surface area contributed by atoms with E-state index >= 15 is 0 Å². The van der Waals surface area contributed by atoms with Gasteiger partial charge in [0.2, 0.25) is 0 Å². The van der Waals surface area contributed by atoms with E-state index in [0.717, 1.165) is 26.4 Å². The van der Waals surface area contributed by atoms with Crippen LogP contribution < -0.4 is 0 Å². The largest absolute Gasteiger partial charge is 0.381 e. The van der Waals surface area contributed by atoms with E-state index in [-0.39, 0.29) is 0 Å². The zero-order chi connectivity index (χ0) is 32.3. The molecule has 0 saturated carbocycles. The van der Waals surface area contributed by atoms with Crippen molar-refractivity contribution >= 4 is 0 Å². The first-order chi connectivity index (χ1) is 21.8. The molecule has 0 bridgehead atoms. The van der Waals surface area contributed by atoms with Gasteiger partial charge in [-0.2, -0.15) is 0 Å². The Kier molecular flexibility index (Phi) is 49.5. The van der Waals surface area contributed by atoms with Gasteiger partial charge in [0.1, 0.15) is 0 Å². The van der Waals surface area contributed by atoms with Gasteiger partial charge in [0.05, 0.1) is 0 Å². The van der Waals surface area contributed by atoms with E-state index < -0.39 is 0 Å². The Morgan fingerprint density at radius 3 is 0.477 bits per heavy atom. The number of hydrogen-bond acceptors (Lipinski definition) is 2. The average molecular weight is 625 g/mol. The van der Waals surface area contributed by atoms with E-state index in [1.807, 2.05) is 0 Å². The van der Waals surface area contributed by atoms with Gasteiger partial charge in [0, 0.05) is 26.4 Å². The van der Waals surface area contributed by atoms with Gasteiger partial charge in [-0.1, -0.05) is 220 Å². The lowest BCUT2D eigenvalue weighted by Crippen LogP contribution is -1.97. The second-order valence-electron chi connectivity index (χ2n) is 13.8. The highest BCUT2D eigenvalue weighted by Crippen LogP contribution is 2.12. The molecule has 0 unspecified atom stereocenters. The van der Waals surface area contributed by atoms with E-state index in [1.165, 1.54) is 218 Å². The van der Waals surface area contributed by atoms with Crippen molar-refractivity contribution in [2.24, 2.45) is 0 Å². The van der Waals surface area contributed by atoms with Crippen molar-refractivity contribution in [2.45, 2.75) is 246 Å². The second kappa shape index (κ2) is 47.3. The molecule has 0 N–H and O–H groups in total. The van der Waals surface area contributed by atoms with Crippen LogP contribution >= 0.6 is 0 Å². The van der Waals surface area contributed by atoms with Crippen LogP contribution in [0.4, 0.5) is 0 Å². The Hall–Kier alpha value is -0.0800. The van der Waals surface area contributed by atoms with Gasteiger partial charge in [-0.3, -0.25) is 0 Å². The van der Waals surface area contributed by atoms with E-state index in [9.17, 15) is 0 Å². The fourth-order valence-corrected chi connectivity index (χ4v) is 5.91. The third kappa shape index (κ3) is 48.8. The Morgan fingerprint density at radius 2 is 0.318 bits per heavy atom. The first-order valence-corrected chi connectivity index (χ1v) is 21.0. The molecule has 0 fully saturated rings. The molecular weight excluding hydrogens is 536 g/mol. The molecule has 0 spiro atoms. The molecule has 0 radical (unpaired) electrons. The average Bonchev–Trinajstić information content (AvgIpc) is 3.04. The lowest BCUT2D eigenvalue weighted by Gasteiger charge is -2.05. The van der Waals surface area contributed by atoms with Crippen LogP contribution in [0.3, 0.4) is 0 Å². The molecule has 268 valence electrons. The van der Waals surface area contributed by atoms with Crippen LogP contribution in [-0.2, 0) is 9.47 Å². The SMILES string of the molecule is CCCCCCCCCCCOCCCCCCCCCCC.CCCCCCCCCCOCCCCCCCCCC. The van der Waals surface area contributed by atoms with Gasteiger partial charge < -0.3 is 9.47 Å². The molecule has 0 aromatic rings. The van der Waals surface area contributed by atoms with Crippen LogP contribution in [0.2, 0.25) is 0 Å². The molecule has 0 saturated heterocycles. The molecule has 44 heavy (non-hydrogen) atoms. The zero-order valence-corrected chi connectivity index (χ0v) is 31.7. The minimum Gasteiger partial charge on any atom is -0.381 e. The second-order valence-corrected chi connectivity index (χ2v) is 13.8. The van der Waals surface area contributed by atoms with Crippen molar-refractivity contribution < 1.29 is 9.47 Å². The maximum absolute atomic E-state index is 5.75. The minimum absolute atomic E-state index is 0.992. The van der Waals surface area contributed by atoms with Crippen molar-refractivity contribution in [1.82, 2.24) is 0 Å². The van der Waals surface area contributed by atoms with Crippen molar-refractivity contribution in [2.75, 3.05) is 26.4 Å². The number of ether oxygens (including phenoxy) is 2. The van der Waals surface area contributed by atoms with Crippen LogP contribution in [-0.4, -0.2) is 26.4 Å². The highest BCUT2D eigenvalue weighted by atomic mass is 16.5. The summed E-state index contributed by atoms with van der Waals surface area (Å²) in [5, 5.41) is 0. The summed E-state index contributed by atoms with van der Waals surface area (Å²) >= 11 is 0. The zero-order valence-electron chi connectivity index (χ0n) is 31.7. The summed E-state index contributed by atoms with van der Waals surface area (Å²) in [6.07, 6.45) is 47.4. The van der Waals surface area contributed by atoms with E-state index in [1.54, 1.807) is 0 Å². The highest BCUT2D eigenvalue weighted by molar-refractivity contribution is 4.50. The fraction of sp³-hybridized carbons (Fsp3) is 1.00. The molecule has 0 atom stereocenters. The van der Waals surface area contributed by atoms with Crippen molar-refractivity contribution in [3.63, 3.8) is 0 Å². The molecule has 2 heteroatoms. The summed E-state index contributed by atoms with van der Waals surface area (Å²) in [6.45, 7) is 13.1. The van der Waals surface area contributed by atoms with E-state index in [0.29, 0.717) is 0 Å². The first kappa shape index (κ1) is 46.0. The molecule has 2 nitrogen and oxygen atoms in total. The topological polar surface area (TPSA) is 18.5 Å². The summed E-state index contributed by atoms with van der Waals surface area (Å²) in [6, 6.07) is 0. The Balaban J connectivity index is 0.